The van der Waals surface area contributed by atoms with Crippen molar-refractivity contribution in [1.29, 1.82) is 0 Å². The minimum atomic E-state index is -0.0427. The smallest absolute Gasteiger partial charge is 0.274 e. The number of aromatic nitrogens is 4. The van der Waals surface area contributed by atoms with Crippen molar-refractivity contribution >= 4 is 5.91 Å². The Kier molecular flexibility index (Phi) is 5.03. The number of carbonyl (C=O) groups excluding carboxylic acids is 1. The Bertz CT molecular complexity index is 971. The predicted octanol–water partition coefficient (Wildman–Crippen LogP) is 3.93. The highest BCUT2D eigenvalue weighted by Crippen LogP contribution is 2.34. The van der Waals surface area contributed by atoms with Gasteiger partial charge in [0.1, 0.15) is 11.5 Å². The largest absolute Gasteiger partial charge is 0.333 e. The molecule has 1 aliphatic carbocycles. The Morgan fingerprint density at radius 2 is 2.18 bits per heavy atom. The van der Waals surface area contributed by atoms with Crippen LogP contribution < -0.4 is 0 Å². The number of nitrogens with zero attached hydrogens (tertiary/aromatic N) is 4. The first-order chi connectivity index (χ1) is 13.5. The number of hydrogen-bond donors (Lipinski definition) is 1. The van der Waals surface area contributed by atoms with Crippen molar-refractivity contribution in [3.05, 3.63) is 71.1 Å². The molecule has 4 rings (SSSR count). The SMILES string of the molecule is CC(C)c1nccn1Cc1cc(C(=O)N(C)[C@H]2CCCc3ccccc32)n[nH]1. The van der Waals surface area contributed by atoms with Crippen LogP contribution in [0, 0.1) is 0 Å². The maximum absolute atomic E-state index is 13.1. The van der Waals surface area contributed by atoms with E-state index in [0.29, 0.717) is 18.2 Å². The molecule has 28 heavy (non-hydrogen) atoms. The number of benzene rings is 1. The van der Waals surface area contributed by atoms with E-state index in [9.17, 15) is 4.79 Å². The Morgan fingerprint density at radius 1 is 1.36 bits per heavy atom. The minimum absolute atomic E-state index is 0.0427. The maximum atomic E-state index is 13.1. The molecule has 0 bridgehead atoms. The van der Waals surface area contributed by atoms with E-state index in [1.54, 1.807) is 0 Å². The summed E-state index contributed by atoms with van der Waals surface area (Å²) in [7, 11) is 1.89. The van der Waals surface area contributed by atoms with Gasteiger partial charge in [-0.3, -0.25) is 9.89 Å². The fourth-order valence-corrected chi connectivity index (χ4v) is 4.14. The van der Waals surface area contributed by atoms with Gasteiger partial charge in [-0.05, 0) is 36.5 Å². The first-order valence-corrected chi connectivity index (χ1v) is 9.95. The van der Waals surface area contributed by atoms with E-state index in [1.165, 1.54) is 11.1 Å². The number of nitrogens with one attached hydrogen (secondary N) is 1. The summed E-state index contributed by atoms with van der Waals surface area (Å²) in [6.45, 7) is 4.87. The van der Waals surface area contributed by atoms with Gasteiger partial charge in [0.25, 0.3) is 5.91 Å². The fraction of sp³-hybridized carbons (Fsp3) is 0.409. The molecule has 3 aromatic rings. The summed E-state index contributed by atoms with van der Waals surface area (Å²) in [6.07, 6.45) is 6.95. The summed E-state index contributed by atoms with van der Waals surface area (Å²) in [5.41, 5.74) is 3.98. The lowest BCUT2D eigenvalue weighted by Crippen LogP contribution is -2.33. The molecule has 6 heteroatoms. The summed E-state index contributed by atoms with van der Waals surface area (Å²) in [5, 5.41) is 7.32. The minimum Gasteiger partial charge on any atom is -0.333 e. The van der Waals surface area contributed by atoms with Crippen LogP contribution in [0.4, 0.5) is 0 Å². The molecule has 6 nitrogen and oxygen atoms in total. The number of carbonyl (C=O) groups is 1. The molecule has 1 aliphatic rings. The Hall–Kier alpha value is -2.89. The summed E-state index contributed by atoms with van der Waals surface area (Å²) in [4.78, 5) is 19.3. The molecular weight excluding hydrogens is 350 g/mol. The van der Waals surface area contributed by atoms with Crippen LogP contribution in [0.3, 0.4) is 0 Å². The molecule has 0 radical (unpaired) electrons. The molecule has 0 fully saturated rings. The molecule has 0 unspecified atom stereocenters. The van der Waals surface area contributed by atoms with E-state index in [1.807, 2.05) is 30.4 Å². The molecular formula is C22H27N5O. The van der Waals surface area contributed by atoms with Crippen LogP contribution >= 0.6 is 0 Å². The molecule has 2 heterocycles. The Balaban J connectivity index is 1.51. The van der Waals surface area contributed by atoms with Crippen molar-refractivity contribution < 1.29 is 4.79 Å². The standard InChI is InChI=1S/C22H27N5O/c1-15(2)21-23-11-12-27(21)14-17-13-19(25-24-17)22(28)26(3)20-10-6-8-16-7-4-5-9-18(16)20/h4-5,7,9,11-13,15,20H,6,8,10,14H2,1-3H3,(H,24,25)/t20-/m0/s1. The lowest BCUT2D eigenvalue weighted by Gasteiger charge is -2.32. The third-order valence-corrected chi connectivity index (χ3v) is 5.58. The third kappa shape index (κ3) is 3.46. The summed E-state index contributed by atoms with van der Waals surface area (Å²) in [6, 6.07) is 10.4. The van der Waals surface area contributed by atoms with Crippen molar-refractivity contribution in [2.24, 2.45) is 0 Å². The molecule has 1 atom stereocenters. The maximum Gasteiger partial charge on any atom is 0.274 e. The van der Waals surface area contributed by atoms with E-state index < -0.39 is 0 Å². The van der Waals surface area contributed by atoms with Gasteiger partial charge in [-0.25, -0.2) is 4.98 Å². The first-order valence-electron chi connectivity index (χ1n) is 9.95. The average molecular weight is 377 g/mol. The number of aryl methyl sites for hydroxylation is 1. The number of imidazole rings is 1. The van der Waals surface area contributed by atoms with Crippen LogP contribution in [0.2, 0.25) is 0 Å². The van der Waals surface area contributed by atoms with E-state index in [2.05, 4.69) is 57.9 Å². The molecule has 1 amide bonds. The Labute approximate surface area is 165 Å². The van der Waals surface area contributed by atoms with E-state index in [-0.39, 0.29) is 11.9 Å². The molecule has 0 saturated carbocycles. The molecule has 146 valence electrons. The van der Waals surface area contributed by atoms with Gasteiger partial charge in [0.2, 0.25) is 0 Å². The van der Waals surface area contributed by atoms with Gasteiger partial charge in [0, 0.05) is 25.4 Å². The molecule has 1 aromatic carbocycles. The number of H-pyrrole nitrogens is 1. The van der Waals surface area contributed by atoms with Crippen LogP contribution in [0.5, 0.6) is 0 Å². The second-order valence-corrected chi connectivity index (χ2v) is 7.87. The van der Waals surface area contributed by atoms with Gasteiger partial charge in [-0.15, -0.1) is 0 Å². The first kappa shape index (κ1) is 18.5. The van der Waals surface area contributed by atoms with E-state index in [4.69, 9.17) is 0 Å². The van der Waals surface area contributed by atoms with Crippen molar-refractivity contribution in [3.63, 3.8) is 0 Å². The summed E-state index contributed by atoms with van der Waals surface area (Å²) in [5.74, 6) is 1.33. The topological polar surface area (TPSA) is 66.8 Å². The molecule has 0 spiro atoms. The number of fused-ring (bicyclic) bond motifs is 1. The molecule has 1 N–H and O–H groups in total. The van der Waals surface area contributed by atoms with Crippen molar-refractivity contribution in [1.82, 2.24) is 24.6 Å². The Morgan fingerprint density at radius 3 is 3.00 bits per heavy atom. The second-order valence-electron chi connectivity index (χ2n) is 7.87. The second kappa shape index (κ2) is 7.62. The number of rotatable bonds is 5. The number of hydrogen-bond acceptors (Lipinski definition) is 3. The van der Waals surface area contributed by atoms with Gasteiger partial charge in [-0.1, -0.05) is 38.1 Å². The van der Waals surface area contributed by atoms with Gasteiger partial charge in [-0.2, -0.15) is 5.10 Å². The lowest BCUT2D eigenvalue weighted by atomic mass is 9.87. The van der Waals surface area contributed by atoms with Crippen molar-refractivity contribution in [2.45, 2.75) is 51.6 Å². The number of aromatic amines is 1. The molecule has 0 saturated heterocycles. The average Bonchev–Trinajstić information content (AvgIpc) is 3.36. The zero-order valence-corrected chi connectivity index (χ0v) is 16.7. The van der Waals surface area contributed by atoms with Crippen LogP contribution in [-0.4, -0.2) is 37.6 Å². The molecule has 2 aromatic heterocycles. The normalized spacial score (nSPS) is 16.2. The monoisotopic (exact) mass is 377 g/mol. The van der Waals surface area contributed by atoms with Gasteiger partial charge in [0.05, 0.1) is 18.3 Å². The third-order valence-electron chi connectivity index (χ3n) is 5.58. The van der Waals surface area contributed by atoms with Crippen LogP contribution in [0.15, 0.2) is 42.7 Å². The predicted molar refractivity (Wildman–Crippen MR) is 108 cm³/mol. The highest BCUT2D eigenvalue weighted by molar-refractivity contribution is 5.92. The number of amides is 1. The quantitative estimate of drug-likeness (QED) is 0.733. The molecule has 0 aliphatic heterocycles. The van der Waals surface area contributed by atoms with Crippen molar-refractivity contribution in [2.75, 3.05) is 7.05 Å². The van der Waals surface area contributed by atoms with E-state index in [0.717, 1.165) is 30.8 Å². The van der Waals surface area contributed by atoms with E-state index >= 15 is 0 Å². The zero-order valence-electron chi connectivity index (χ0n) is 16.7. The van der Waals surface area contributed by atoms with Crippen LogP contribution in [0.1, 0.15) is 71.8 Å². The zero-order chi connectivity index (χ0) is 19.7. The van der Waals surface area contributed by atoms with Crippen LogP contribution in [0.25, 0.3) is 0 Å². The highest BCUT2D eigenvalue weighted by atomic mass is 16.2. The summed E-state index contributed by atoms with van der Waals surface area (Å²) < 4.78 is 2.09. The van der Waals surface area contributed by atoms with Crippen molar-refractivity contribution in [3.8, 4) is 0 Å². The van der Waals surface area contributed by atoms with Gasteiger partial charge >= 0.3 is 0 Å². The fourth-order valence-electron chi connectivity index (χ4n) is 4.14. The van der Waals surface area contributed by atoms with Gasteiger partial charge in [0.15, 0.2) is 0 Å². The van der Waals surface area contributed by atoms with Crippen LogP contribution in [-0.2, 0) is 13.0 Å². The summed E-state index contributed by atoms with van der Waals surface area (Å²) >= 11 is 0. The van der Waals surface area contributed by atoms with Gasteiger partial charge < -0.3 is 9.47 Å². The highest BCUT2D eigenvalue weighted by Gasteiger charge is 2.28. The lowest BCUT2D eigenvalue weighted by molar-refractivity contribution is 0.0709.